The molecule has 0 unspecified atom stereocenters. The zero-order chi connectivity index (χ0) is 6.57. The van der Waals surface area contributed by atoms with E-state index in [1.54, 1.807) is 6.92 Å². The molecule has 0 saturated carbocycles. The Balaban J connectivity index is 3.18. The zero-order valence-corrected chi connectivity index (χ0v) is 6.49. The van der Waals surface area contributed by atoms with Crippen LogP contribution in [0.15, 0.2) is 11.1 Å². The molecule has 2 heteroatoms. The van der Waals surface area contributed by atoms with Crippen LogP contribution in [0.2, 0.25) is 0 Å². The summed E-state index contributed by atoms with van der Waals surface area (Å²) in [6.07, 6.45) is 1.36. The molecular weight excluding hydrogens is 168 g/mol. The number of halogens is 1. The number of allylic oxidation sites excluding steroid dienone is 1. The van der Waals surface area contributed by atoms with Crippen molar-refractivity contribution in [3.05, 3.63) is 11.1 Å². The third-order valence-corrected chi connectivity index (χ3v) is 1.14. The number of Topliss-reactive ketones (excluding diaryl/α,β-unsaturated/α-hetero) is 1. The lowest BCUT2D eigenvalue weighted by Crippen LogP contribution is -1.87. The maximum atomic E-state index is 10.3. The second-order valence-electron chi connectivity index (χ2n) is 1.72. The van der Waals surface area contributed by atoms with Gasteiger partial charge in [-0.15, -0.1) is 0 Å². The number of hydrogen-bond donors (Lipinski definition) is 0. The molecule has 8 heavy (non-hydrogen) atoms. The van der Waals surface area contributed by atoms with E-state index in [-0.39, 0.29) is 5.78 Å². The second-order valence-corrected chi connectivity index (χ2v) is 2.84. The predicted molar refractivity (Wildman–Crippen MR) is 38.0 cm³/mol. The molecule has 0 aromatic carbocycles. The van der Waals surface area contributed by atoms with Gasteiger partial charge in [-0.3, -0.25) is 0 Å². The minimum absolute atomic E-state index is 0.214. The highest BCUT2D eigenvalue weighted by molar-refractivity contribution is 9.11. The molecule has 0 spiro atoms. The summed E-state index contributed by atoms with van der Waals surface area (Å²) in [7, 11) is 0. The van der Waals surface area contributed by atoms with Crippen LogP contribution in [0.25, 0.3) is 0 Å². The van der Waals surface area contributed by atoms with Crippen molar-refractivity contribution in [2.45, 2.75) is 19.8 Å². The van der Waals surface area contributed by atoms with Crippen LogP contribution in [0.5, 0.6) is 0 Å². The van der Waals surface area contributed by atoms with Gasteiger partial charge in [-0.25, -0.2) is 0 Å². The molecule has 0 rings (SSSR count). The first-order valence-corrected chi connectivity index (χ1v) is 3.25. The Morgan fingerprint density at radius 3 is 2.25 bits per heavy atom. The van der Waals surface area contributed by atoms with Gasteiger partial charge in [0, 0.05) is 6.42 Å². The Hall–Kier alpha value is -0.110. The van der Waals surface area contributed by atoms with Crippen molar-refractivity contribution in [1.82, 2.24) is 0 Å². The molecule has 46 valence electrons. The lowest BCUT2D eigenvalue weighted by Gasteiger charge is -1.90. The van der Waals surface area contributed by atoms with Gasteiger partial charge in [0.1, 0.15) is 5.78 Å². The van der Waals surface area contributed by atoms with E-state index in [2.05, 4.69) is 22.5 Å². The number of carbonyl (C=O) groups excluding carboxylic acids is 1. The third kappa shape index (κ3) is 5.89. The van der Waals surface area contributed by atoms with Crippen LogP contribution in [-0.2, 0) is 4.79 Å². The lowest BCUT2D eigenvalue weighted by molar-refractivity contribution is -0.116. The average Bonchev–Trinajstić information content (AvgIpc) is 1.61. The van der Waals surface area contributed by atoms with Crippen LogP contribution in [0.1, 0.15) is 19.8 Å². The fourth-order valence-electron chi connectivity index (χ4n) is 0.312. The smallest absolute Gasteiger partial charge is 0.130 e. The van der Waals surface area contributed by atoms with Gasteiger partial charge in [-0.05, 0) is 17.8 Å². The standard InChI is InChI=1S/C6H9BrO/c1-5(7)3-4-6(2)8/h1,3-4H2,2H3. The van der Waals surface area contributed by atoms with Crippen molar-refractivity contribution in [1.29, 1.82) is 0 Å². The molecule has 1 nitrogen and oxygen atoms in total. The van der Waals surface area contributed by atoms with Gasteiger partial charge >= 0.3 is 0 Å². The average molecular weight is 177 g/mol. The van der Waals surface area contributed by atoms with E-state index in [0.717, 1.165) is 10.9 Å². The topological polar surface area (TPSA) is 17.1 Å². The van der Waals surface area contributed by atoms with Crippen LogP contribution in [0, 0.1) is 0 Å². The van der Waals surface area contributed by atoms with Gasteiger partial charge in [-0.1, -0.05) is 22.5 Å². The largest absolute Gasteiger partial charge is 0.300 e. The Labute approximate surface area is 57.9 Å². The fraction of sp³-hybridized carbons (Fsp3) is 0.500. The molecule has 0 aliphatic rings. The zero-order valence-electron chi connectivity index (χ0n) is 4.91. The molecule has 0 aromatic heterocycles. The van der Waals surface area contributed by atoms with E-state index in [1.807, 2.05) is 0 Å². The van der Waals surface area contributed by atoms with Gasteiger partial charge in [0.15, 0.2) is 0 Å². The predicted octanol–water partition coefficient (Wildman–Crippen LogP) is 2.26. The van der Waals surface area contributed by atoms with E-state index in [9.17, 15) is 4.79 Å². The van der Waals surface area contributed by atoms with Crippen molar-refractivity contribution in [2.24, 2.45) is 0 Å². The lowest BCUT2D eigenvalue weighted by atomic mass is 10.2. The van der Waals surface area contributed by atoms with Gasteiger partial charge in [0.05, 0.1) is 0 Å². The number of hydrogen-bond acceptors (Lipinski definition) is 1. The summed E-state index contributed by atoms with van der Waals surface area (Å²) in [5.74, 6) is 0.214. The molecule has 0 N–H and O–H groups in total. The van der Waals surface area contributed by atoms with E-state index < -0.39 is 0 Å². The Bertz CT molecular complexity index is 93.1. The normalized spacial score (nSPS) is 8.75. The van der Waals surface area contributed by atoms with Crippen LogP contribution >= 0.6 is 15.9 Å². The van der Waals surface area contributed by atoms with Crippen molar-refractivity contribution in [3.8, 4) is 0 Å². The van der Waals surface area contributed by atoms with E-state index in [1.165, 1.54) is 0 Å². The molecule has 0 saturated heterocycles. The van der Waals surface area contributed by atoms with Crippen molar-refractivity contribution in [3.63, 3.8) is 0 Å². The summed E-state index contributed by atoms with van der Waals surface area (Å²) in [6.45, 7) is 5.17. The monoisotopic (exact) mass is 176 g/mol. The number of carbonyl (C=O) groups is 1. The molecule has 0 radical (unpaired) electrons. The van der Waals surface area contributed by atoms with Gasteiger partial charge in [0.2, 0.25) is 0 Å². The summed E-state index contributed by atoms with van der Waals surface area (Å²) in [5.41, 5.74) is 0. The summed E-state index contributed by atoms with van der Waals surface area (Å²) >= 11 is 3.16. The molecule has 0 aliphatic carbocycles. The van der Waals surface area contributed by atoms with Crippen LogP contribution in [0.3, 0.4) is 0 Å². The fourth-order valence-corrected chi connectivity index (χ4v) is 0.510. The van der Waals surface area contributed by atoms with E-state index >= 15 is 0 Å². The van der Waals surface area contributed by atoms with E-state index in [0.29, 0.717) is 6.42 Å². The van der Waals surface area contributed by atoms with Gasteiger partial charge < -0.3 is 4.79 Å². The molecule has 0 aromatic rings. The first-order chi connectivity index (χ1) is 3.63. The SMILES string of the molecule is C=C(Br)CCC(C)=O. The van der Waals surface area contributed by atoms with Crippen LogP contribution in [-0.4, -0.2) is 5.78 Å². The molecule has 0 fully saturated rings. The highest BCUT2D eigenvalue weighted by Gasteiger charge is 1.92. The summed E-state index contributed by atoms with van der Waals surface area (Å²) < 4.78 is 0.896. The molecule has 0 heterocycles. The minimum atomic E-state index is 0.214. The minimum Gasteiger partial charge on any atom is -0.300 e. The quantitative estimate of drug-likeness (QED) is 0.646. The maximum absolute atomic E-state index is 10.3. The second kappa shape index (κ2) is 3.84. The molecule has 0 atom stereocenters. The van der Waals surface area contributed by atoms with Gasteiger partial charge in [-0.2, -0.15) is 0 Å². The summed E-state index contributed by atoms with van der Waals surface area (Å²) in [5, 5.41) is 0. The molecule has 0 aliphatic heterocycles. The highest BCUT2D eigenvalue weighted by atomic mass is 79.9. The van der Waals surface area contributed by atoms with Crippen LogP contribution in [0.4, 0.5) is 0 Å². The van der Waals surface area contributed by atoms with Crippen molar-refractivity contribution in [2.75, 3.05) is 0 Å². The first-order valence-electron chi connectivity index (χ1n) is 2.45. The van der Waals surface area contributed by atoms with E-state index in [4.69, 9.17) is 0 Å². The molecule has 0 amide bonds. The first kappa shape index (κ1) is 7.89. The third-order valence-electron chi connectivity index (χ3n) is 0.748. The van der Waals surface area contributed by atoms with Crippen LogP contribution < -0.4 is 0 Å². The van der Waals surface area contributed by atoms with Gasteiger partial charge in [0.25, 0.3) is 0 Å². The van der Waals surface area contributed by atoms with Crippen molar-refractivity contribution < 1.29 is 4.79 Å². The van der Waals surface area contributed by atoms with Crippen molar-refractivity contribution >= 4 is 21.7 Å². The number of rotatable bonds is 3. The highest BCUT2D eigenvalue weighted by Crippen LogP contribution is 2.08. The number of ketones is 1. The Morgan fingerprint density at radius 1 is 1.62 bits per heavy atom. The summed E-state index contributed by atoms with van der Waals surface area (Å²) in [4.78, 5) is 10.3. The summed E-state index contributed by atoms with van der Waals surface area (Å²) in [6, 6.07) is 0. The molecular formula is C6H9BrO. The maximum Gasteiger partial charge on any atom is 0.130 e. The Morgan fingerprint density at radius 2 is 2.12 bits per heavy atom. The molecule has 0 bridgehead atoms. The Kier molecular flexibility index (Phi) is 3.79.